The normalized spacial score (nSPS) is 15.1. The second kappa shape index (κ2) is 15.0. The van der Waals surface area contributed by atoms with Crippen molar-refractivity contribution >= 4 is 35.8 Å². The van der Waals surface area contributed by atoms with Gasteiger partial charge in [-0.15, -0.1) is 24.0 Å². The Bertz CT molecular complexity index is 331. The van der Waals surface area contributed by atoms with Crippen molar-refractivity contribution in [3.63, 3.8) is 0 Å². The highest BCUT2D eigenvalue weighted by Gasteiger charge is 2.13. The highest BCUT2D eigenvalue weighted by Crippen LogP contribution is 2.28. The molecular weight excluding hydrogens is 403 g/mol. The van der Waals surface area contributed by atoms with Crippen molar-refractivity contribution in [1.82, 2.24) is 16.0 Å². The molecule has 0 spiro atoms. The first-order valence-electron chi connectivity index (χ1n) is 9.05. The summed E-state index contributed by atoms with van der Waals surface area (Å²) in [6, 6.07) is 0. The average Bonchev–Trinajstić information content (AvgIpc) is 3.02. The van der Waals surface area contributed by atoms with E-state index in [4.69, 9.17) is 0 Å². The van der Waals surface area contributed by atoms with E-state index >= 15 is 0 Å². The summed E-state index contributed by atoms with van der Waals surface area (Å²) in [5, 5.41) is 9.35. The number of aliphatic imine (C=N–C) groups is 1. The quantitative estimate of drug-likeness (QED) is 0.213. The molecule has 1 saturated carbocycles. The summed E-state index contributed by atoms with van der Waals surface area (Å²) >= 11 is 0. The molecule has 0 unspecified atom stereocenters. The molecule has 0 saturated heterocycles. The van der Waals surface area contributed by atoms with E-state index in [1.165, 1.54) is 32.1 Å². The Morgan fingerprint density at radius 2 is 1.83 bits per heavy atom. The number of hydrogen-bond acceptors (Lipinski definition) is 2. The molecule has 0 bridgehead atoms. The molecule has 23 heavy (non-hydrogen) atoms. The van der Waals surface area contributed by atoms with E-state index in [-0.39, 0.29) is 29.9 Å². The van der Waals surface area contributed by atoms with E-state index in [0.29, 0.717) is 13.0 Å². The van der Waals surface area contributed by atoms with Gasteiger partial charge in [0.1, 0.15) is 0 Å². The van der Waals surface area contributed by atoms with Gasteiger partial charge in [-0.3, -0.25) is 9.79 Å². The maximum atomic E-state index is 11.5. The Morgan fingerprint density at radius 3 is 2.48 bits per heavy atom. The van der Waals surface area contributed by atoms with Crippen molar-refractivity contribution < 1.29 is 4.79 Å². The zero-order chi connectivity index (χ0) is 16.0. The fraction of sp³-hybridized carbons (Fsp3) is 0.882. The first-order chi connectivity index (χ1) is 10.8. The smallest absolute Gasteiger partial charge is 0.221 e. The summed E-state index contributed by atoms with van der Waals surface area (Å²) in [5.74, 6) is 1.87. The van der Waals surface area contributed by atoms with Crippen molar-refractivity contribution in [2.24, 2.45) is 10.9 Å². The van der Waals surface area contributed by atoms with E-state index in [9.17, 15) is 4.79 Å². The van der Waals surface area contributed by atoms with E-state index < -0.39 is 0 Å². The van der Waals surface area contributed by atoms with Crippen molar-refractivity contribution in [2.75, 3.05) is 26.2 Å². The van der Waals surface area contributed by atoms with Crippen LogP contribution < -0.4 is 16.0 Å². The van der Waals surface area contributed by atoms with E-state index in [1.54, 1.807) is 0 Å². The van der Waals surface area contributed by atoms with Gasteiger partial charge < -0.3 is 16.0 Å². The number of nitrogens with zero attached hydrogens (tertiary/aromatic N) is 1. The highest BCUT2D eigenvalue weighted by atomic mass is 127. The average molecular weight is 438 g/mol. The van der Waals surface area contributed by atoms with Gasteiger partial charge in [0.05, 0.1) is 0 Å². The van der Waals surface area contributed by atoms with Gasteiger partial charge >= 0.3 is 0 Å². The molecule has 1 rings (SSSR count). The summed E-state index contributed by atoms with van der Waals surface area (Å²) in [6.07, 6.45) is 9.59. The molecule has 1 amide bonds. The number of rotatable bonds is 10. The van der Waals surface area contributed by atoms with Crippen molar-refractivity contribution in [1.29, 1.82) is 0 Å². The van der Waals surface area contributed by atoms with Gasteiger partial charge in [0.25, 0.3) is 0 Å². The first kappa shape index (κ1) is 22.5. The molecule has 136 valence electrons. The summed E-state index contributed by atoms with van der Waals surface area (Å²) in [7, 11) is 0. The molecular formula is C17H35IN4O. The molecule has 1 fully saturated rings. The van der Waals surface area contributed by atoms with Crippen LogP contribution in [0.1, 0.15) is 65.2 Å². The molecule has 6 heteroatoms. The van der Waals surface area contributed by atoms with Crippen LogP contribution in [0.4, 0.5) is 0 Å². The lowest BCUT2D eigenvalue weighted by Gasteiger charge is -2.12. The molecule has 1 aliphatic carbocycles. The van der Waals surface area contributed by atoms with Gasteiger partial charge in [0, 0.05) is 32.6 Å². The van der Waals surface area contributed by atoms with Crippen LogP contribution in [0.3, 0.4) is 0 Å². The maximum Gasteiger partial charge on any atom is 0.221 e. The molecule has 0 aromatic rings. The van der Waals surface area contributed by atoms with Crippen LogP contribution >= 0.6 is 24.0 Å². The maximum absolute atomic E-state index is 11.5. The predicted molar refractivity (Wildman–Crippen MR) is 109 cm³/mol. The van der Waals surface area contributed by atoms with Crippen molar-refractivity contribution in [2.45, 2.75) is 65.2 Å². The van der Waals surface area contributed by atoms with Crippen LogP contribution in [0.25, 0.3) is 0 Å². The van der Waals surface area contributed by atoms with E-state index in [0.717, 1.165) is 44.4 Å². The van der Waals surface area contributed by atoms with Crippen molar-refractivity contribution in [3.05, 3.63) is 0 Å². The number of carbonyl (C=O) groups excluding carboxylic acids is 1. The van der Waals surface area contributed by atoms with Gasteiger partial charge in [-0.2, -0.15) is 0 Å². The number of guanidine groups is 1. The fourth-order valence-corrected chi connectivity index (χ4v) is 2.86. The summed E-state index contributed by atoms with van der Waals surface area (Å²) in [5.41, 5.74) is 0. The SMILES string of the molecule is CCCNC(=O)CCNC(=NCCCC1CCCC1)NCC.I. The third kappa shape index (κ3) is 11.6. The molecule has 0 aromatic heterocycles. The van der Waals surface area contributed by atoms with Gasteiger partial charge in [-0.1, -0.05) is 32.6 Å². The second-order valence-electron chi connectivity index (χ2n) is 6.08. The molecule has 1 aliphatic rings. The number of hydrogen-bond donors (Lipinski definition) is 3. The Kier molecular flexibility index (Phi) is 14.7. The van der Waals surface area contributed by atoms with Gasteiger partial charge in [-0.05, 0) is 32.1 Å². The van der Waals surface area contributed by atoms with Gasteiger partial charge in [0.15, 0.2) is 5.96 Å². The third-order valence-electron chi connectivity index (χ3n) is 4.08. The Hall–Kier alpha value is -0.530. The van der Waals surface area contributed by atoms with Crippen LogP contribution in [-0.4, -0.2) is 38.0 Å². The van der Waals surface area contributed by atoms with Gasteiger partial charge in [0.2, 0.25) is 5.91 Å². The minimum atomic E-state index is 0. The molecule has 5 nitrogen and oxygen atoms in total. The number of halogens is 1. The zero-order valence-electron chi connectivity index (χ0n) is 14.8. The first-order valence-corrected chi connectivity index (χ1v) is 9.05. The Labute approximate surface area is 158 Å². The number of carbonyl (C=O) groups is 1. The Morgan fingerprint density at radius 1 is 1.09 bits per heavy atom. The minimum Gasteiger partial charge on any atom is -0.357 e. The number of nitrogens with one attached hydrogen (secondary N) is 3. The molecule has 0 heterocycles. The lowest BCUT2D eigenvalue weighted by Crippen LogP contribution is -2.39. The van der Waals surface area contributed by atoms with Crippen LogP contribution in [0.15, 0.2) is 4.99 Å². The van der Waals surface area contributed by atoms with E-state index in [1.807, 2.05) is 0 Å². The van der Waals surface area contributed by atoms with Crippen LogP contribution in [-0.2, 0) is 4.79 Å². The molecule has 3 N–H and O–H groups in total. The lowest BCUT2D eigenvalue weighted by atomic mass is 10.0. The lowest BCUT2D eigenvalue weighted by molar-refractivity contribution is -0.120. The minimum absolute atomic E-state index is 0. The Balaban J connectivity index is 0.00000484. The highest BCUT2D eigenvalue weighted by molar-refractivity contribution is 14.0. The summed E-state index contributed by atoms with van der Waals surface area (Å²) in [6.45, 7) is 7.21. The molecule has 0 aliphatic heterocycles. The topological polar surface area (TPSA) is 65.5 Å². The standard InChI is InChI=1S/C17H34N4O.HI/c1-3-12-19-16(22)11-14-21-17(18-4-2)20-13-7-10-15-8-5-6-9-15;/h15H,3-14H2,1-2H3,(H,19,22)(H2,18,20,21);1H. The van der Waals surface area contributed by atoms with Crippen molar-refractivity contribution in [3.8, 4) is 0 Å². The number of amides is 1. The molecule has 0 atom stereocenters. The molecule has 0 radical (unpaired) electrons. The molecule has 0 aromatic carbocycles. The van der Waals surface area contributed by atoms with Crippen LogP contribution in [0.5, 0.6) is 0 Å². The largest absolute Gasteiger partial charge is 0.357 e. The van der Waals surface area contributed by atoms with Crippen LogP contribution in [0.2, 0.25) is 0 Å². The predicted octanol–water partition coefficient (Wildman–Crippen LogP) is 3.05. The van der Waals surface area contributed by atoms with Gasteiger partial charge in [-0.25, -0.2) is 0 Å². The zero-order valence-corrected chi connectivity index (χ0v) is 17.2. The summed E-state index contributed by atoms with van der Waals surface area (Å²) in [4.78, 5) is 16.1. The summed E-state index contributed by atoms with van der Waals surface area (Å²) < 4.78 is 0. The third-order valence-corrected chi connectivity index (χ3v) is 4.08. The monoisotopic (exact) mass is 438 g/mol. The van der Waals surface area contributed by atoms with Crippen LogP contribution in [0, 0.1) is 5.92 Å². The second-order valence-corrected chi connectivity index (χ2v) is 6.08. The van der Waals surface area contributed by atoms with E-state index in [2.05, 4.69) is 34.8 Å². The fourth-order valence-electron chi connectivity index (χ4n) is 2.86.